The largest absolute Gasteiger partial charge is 0.495 e. The van der Waals surface area contributed by atoms with Crippen molar-refractivity contribution in [3.05, 3.63) is 47.0 Å². The molecule has 0 fully saturated rings. The topological polar surface area (TPSA) is 78.3 Å². The molecule has 0 saturated heterocycles. The quantitative estimate of drug-likeness (QED) is 0.564. The van der Waals surface area contributed by atoms with Gasteiger partial charge in [0.25, 0.3) is 0 Å². The number of methoxy groups -OCH3 is 2. The molecule has 1 N–H and O–H groups in total. The van der Waals surface area contributed by atoms with Gasteiger partial charge in [-0.1, -0.05) is 47.6 Å². The third-order valence-electron chi connectivity index (χ3n) is 4.30. The van der Waals surface area contributed by atoms with Gasteiger partial charge in [0.15, 0.2) is 11.0 Å². The Morgan fingerprint density at radius 2 is 1.90 bits per heavy atom. The molecular formula is C20H21ClN4O3S. The Labute approximate surface area is 178 Å². The first-order valence-electron chi connectivity index (χ1n) is 8.74. The summed E-state index contributed by atoms with van der Waals surface area (Å²) in [7, 11) is 4.91. The number of aromatic nitrogens is 3. The van der Waals surface area contributed by atoms with Crippen LogP contribution in [0.15, 0.2) is 41.6 Å². The van der Waals surface area contributed by atoms with Crippen LogP contribution in [-0.4, -0.2) is 40.6 Å². The van der Waals surface area contributed by atoms with Crippen LogP contribution in [0.25, 0.3) is 11.4 Å². The van der Waals surface area contributed by atoms with Gasteiger partial charge < -0.3 is 19.4 Å². The van der Waals surface area contributed by atoms with Gasteiger partial charge in [0, 0.05) is 18.7 Å². The van der Waals surface area contributed by atoms with Gasteiger partial charge in [0.2, 0.25) is 5.91 Å². The first-order chi connectivity index (χ1) is 13.9. The molecule has 9 heteroatoms. The Bertz CT molecular complexity index is 1040. The lowest BCUT2D eigenvalue weighted by Crippen LogP contribution is -2.15. The summed E-state index contributed by atoms with van der Waals surface area (Å²) in [5.74, 6) is 1.64. The molecule has 0 radical (unpaired) electrons. The molecule has 0 unspecified atom stereocenters. The number of rotatable bonds is 7. The minimum atomic E-state index is -0.213. The number of carbonyl (C=O) groups excluding carboxylic acids is 1. The number of amides is 1. The first kappa shape index (κ1) is 21.0. The van der Waals surface area contributed by atoms with Gasteiger partial charge in [0.1, 0.15) is 11.5 Å². The molecule has 0 atom stereocenters. The highest BCUT2D eigenvalue weighted by atomic mass is 35.5. The van der Waals surface area contributed by atoms with E-state index in [4.69, 9.17) is 21.1 Å². The van der Waals surface area contributed by atoms with Crippen LogP contribution in [-0.2, 0) is 11.8 Å². The second kappa shape index (κ2) is 9.19. The molecule has 0 spiro atoms. The normalized spacial score (nSPS) is 10.7. The predicted octanol–water partition coefficient (Wildman–Crippen LogP) is 4.19. The highest BCUT2D eigenvalue weighted by molar-refractivity contribution is 7.99. The first-order valence-corrected chi connectivity index (χ1v) is 10.1. The fourth-order valence-electron chi connectivity index (χ4n) is 2.77. The number of carbonyl (C=O) groups is 1. The molecule has 29 heavy (non-hydrogen) atoms. The number of ether oxygens (including phenoxy) is 2. The van der Waals surface area contributed by atoms with Crippen molar-refractivity contribution in [3.63, 3.8) is 0 Å². The van der Waals surface area contributed by atoms with Crippen LogP contribution in [0.3, 0.4) is 0 Å². The van der Waals surface area contributed by atoms with E-state index >= 15 is 0 Å². The standard InChI is InChI=1S/C20H21ClN4O3S/c1-12-7-5-6-8-13(12)19-23-24-20(25(19)2)29-11-18(26)22-15-9-14(21)16(27-3)10-17(15)28-4/h5-10H,11H2,1-4H3,(H,22,26). The summed E-state index contributed by atoms with van der Waals surface area (Å²) in [6, 6.07) is 11.2. The van der Waals surface area contributed by atoms with Gasteiger partial charge in [0.05, 0.1) is 30.7 Å². The molecule has 1 aromatic heterocycles. The zero-order valence-electron chi connectivity index (χ0n) is 16.5. The number of aryl methyl sites for hydroxylation is 1. The lowest BCUT2D eigenvalue weighted by Gasteiger charge is -2.13. The van der Waals surface area contributed by atoms with Crippen molar-refractivity contribution in [1.29, 1.82) is 0 Å². The van der Waals surface area contributed by atoms with Crippen molar-refractivity contribution in [2.75, 3.05) is 25.3 Å². The van der Waals surface area contributed by atoms with Gasteiger partial charge in [-0.05, 0) is 18.6 Å². The van der Waals surface area contributed by atoms with Gasteiger partial charge in [-0.25, -0.2) is 0 Å². The average Bonchev–Trinajstić information content (AvgIpc) is 3.07. The minimum absolute atomic E-state index is 0.159. The number of nitrogens with zero attached hydrogens (tertiary/aromatic N) is 3. The van der Waals surface area contributed by atoms with Crippen LogP contribution < -0.4 is 14.8 Å². The van der Waals surface area contributed by atoms with Crippen LogP contribution in [0.4, 0.5) is 5.69 Å². The summed E-state index contributed by atoms with van der Waals surface area (Å²) >= 11 is 7.45. The molecule has 152 valence electrons. The van der Waals surface area contributed by atoms with Crippen LogP contribution in [0.5, 0.6) is 11.5 Å². The van der Waals surface area contributed by atoms with Crippen molar-refractivity contribution >= 4 is 35.0 Å². The molecule has 1 amide bonds. The molecule has 0 bridgehead atoms. The zero-order valence-corrected chi connectivity index (χ0v) is 18.1. The van der Waals surface area contributed by atoms with Crippen molar-refractivity contribution in [2.24, 2.45) is 7.05 Å². The summed E-state index contributed by atoms with van der Waals surface area (Å²) in [6.07, 6.45) is 0. The van der Waals surface area contributed by atoms with Crippen molar-refractivity contribution < 1.29 is 14.3 Å². The van der Waals surface area contributed by atoms with Crippen LogP contribution in [0, 0.1) is 6.92 Å². The zero-order chi connectivity index (χ0) is 21.0. The fraction of sp³-hybridized carbons (Fsp3) is 0.250. The SMILES string of the molecule is COc1cc(OC)c(NC(=O)CSc2nnc(-c3ccccc3C)n2C)cc1Cl. The average molecular weight is 433 g/mol. The number of halogens is 1. The summed E-state index contributed by atoms with van der Waals surface area (Å²) in [5, 5.41) is 12.3. The smallest absolute Gasteiger partial charge is 0.234 e. The summed E-state index contributed by atoms with van der Waals surface area (Å²) in [5.41, 5.74) is 2.60. The molecule has 7 nitrogen and oxygen atoms in total. The summed E-state index contributed by atoms with van der Waals surface area (Å²) in [6.45, 7) is 2.03. The molecule has 3 rings (SSSR count). The Kier molecular flexibility index (Phi) is 6.66. The predicted molar refractivity (Wildman–Crippen MR) is 115 cm³/mol. The maximum Gasteiger partial charge on any atom is 0.234 e. The van der Waals surface area contributed by atoms with Crippen molar-refractivity contribution in [1.82, 2.24) is 14.8 Å². The second-order valence-electron chi connectivity index (χ2n) is 6.20. The van der Waals surface area contributed by atoms with E-state index in [1.807, 2.05) is 42.8 Å². The number of thioether (sulfide) groups is 1. The molecule has 0 saturated carbocycles. The maximum absolute atomic E-state index is 12.4. The van der Waals surface area contributed by atoms with E-state index < -0.39 is 0 Å². The highest BCUT2D eigenvalue weighted by Crippen LogP contribution is 2.36. The summed E-state index contributed by atoms with van der Waals surface area (Å²) in [4.78, 5) is 12.4. The maximum atomic E-state index is 12.4. The molecule has 0 aliphatic carbocycles. The van der Waals surface area contributed by atoms with E-state index in [0.29, 0.717) is 27.4 Å². The Hall–Kier alpha value is -2.71. The Morgan fingerprint density at radius 3 is 2.59 bits per heavy atom. The Balaban J connectivity index is 1.69. The van der Waals surface area contributed by atoms with Gasteiger partial charge in [-0.15, -0.1) is 10.2 Å². The van der Waals surface area contributed by atoms with E-state index in [0.717, 1.165) is 17.0 Å². The van der Waals surface area contributed by atoms with Crippen molar-refractivity contribution in [2.45, 2.75) is 12.1 Å². The van der Waals surface area contributed by atoms with Gasteiger partial charge in [-0.2, -0.15) is 0 Å². The highest BCUT2D eigenvalue weighted by Gasteiger charge is 2.16. The lowest BCUT2D eigenvalue weighted by molar-refractivity contribution is -0.113. The minimum Gasteiger partial charge on any atom is -0.495 e. The van der Waals surface area contributed by atoms with Gasteiger partial charge >= 0.3 is 0 Å². The molecule has 1 heterocycles. The third kappa shape index (κ3) is 4.65. The van der Waals surface area contributed by atoms with E-state index in [1.54, 1.807) is 12.1 Å². The molecule has 0 aliphatic rings. The second-order valence-corrected chi connectivity index (χ2v) is 7.55. The fourth-order valence-corrected chi connectivity index (χ4v) is 3.72. The molecule has 2 aromatic carbocycles. The monoisotopic (exact) mass is 432 g/mol. The van der Waals surface area contributed by atoms with E-state index in [9.17, 15) is 4.79 Å². The summed E-state index contributed by atoms with van der Waals surface area (Å²) < 4.78 is 12.3. The van der Waals surface area contributed by atoms with E-state index in [1.165, 1.54) is 26.0 Å². The molecule has 0 aliphatic heterocycles. The Morgan fingerprint density at radius 1 is 1.17 bits per heavy atom. The van der Waals surface area contributed by atoms with E-state index in [-0.39, 0.29) is 11.7 Å². The van der Waals surface area contributed by atoms with Crippen molar-refractivity contribution in [3.8, 4) is 22.9 Å². The number of hydrogen-bond donors (Lipinski definition) is 1. The molecule has 3 aromatic rings. The number of nitrogens with one attached hydrogen (secondary N) is 1. The van der Waals surface area contributed by atoms with Crippen LogP contribution >= 0.6 is 23.4 Å². The van der Waals surface area contributed by atoms with Crippen LogP contribution in [0.1, 0.15) is 5.56 Å². The number of benzene rings is 2. The van der Waals surface area contributed by atoms with E-state index in [2.05, 4.69) is 15.5 Å². The number of anilines is 1. The van der Waals surface area contributed by atoms with Gasteiger partial charge in [-0.3, -0.25) is 4.79 Å². The van der Waals surface area contributed by atoms with Crippen LogP contribution in [0.2, 0.25) is 5.02 Å². The number of hydrogen-bond acceptors (Lipinski definition) is 6. The third-order valence-corrected chi connectivity index (χ3v) is 5.62. The molecular weight excluding hydrogens is 412 g/mol. The lowest BCUT2D eigenvalue weighted by atomic mass is 10.1.